The van der Waals surface area contributed by atoms with Crippen LogP contribution in [-0.2, 0) is 0 Å². The lowest BCUT2D eigenvalue weighted by molar-refractivity contribution is -0.386. The van der Waals surface area contributed by atoms with Crippen molar-refractivity contribution in [2.24, 2.45) is 0 Å². The van der Waals surface area contributed by atoms with Gasteiger partial charge in [-0.2, -0.15) is 5.10 Å². The zero-order valence-electron chi connectivity index (χ0n) is 9.65. The standard InChI is InChI=1S/C11H9Cl2N3O2/c1-6-11(16(17)18)7(2)15(14-6)8-3-4-9(12)10(13)5-8/h3-5H,1-2H3. The molecule has 0 amide bonds. The lowest BCUT2D eigenvalue weighted by Crippen LogP contribution is -1.99. The van der Waals surface area contributed by atoms with Crippen LogP contribution in [0.1, 0.15) is 11.4 Å². The minimum atomic E-state index is -0.439. The van der Waals surface area contributed by atoms with Gasteiger partial charge in [0.25, 0.3) is 0 Å². The molecule has 0 N–H and O–H groups in total. The average Bonchev–Trinajstić information content (AvgIpc) is 2.58. The maximum Gasteiger partial charge on any atom is 0.313 e. The fourth-order valence-corrected chi connectivity index (χ4v) is 2.06. The highest BCUT2D eigenvalue weighted by Gasteiger charge is 2.22. The largest absolute Gasteiger partial charge is 0.313 e. The van der Waals surface area contributed by atoms with Crippen LogP contribution in [0.4, 0.5) is 5.69 Å². The Kier molecular flexibility index (Phi) is 3.28. The summed E-state index contributed by atoms with van der Waals surface area (Å²) in [5, 5.41) is 15.9. The first kappa shape index (κ1) is 12.9. The van der Waals surface area contributed by atoms with Gasteiger partial charge in [0.1, 0.15) is 11.4 Å². The summed E-state index contributed by atoms with van der Waals surface area (Å²) < 4.78 is 1.48. The third-order valence-electron chi connectivity index (χ3n) is 2.58. The Bertz CT molecular complexity index is 637. The van der Waals surface area contributed by atoms with Gasteiger partial charge < -0.3 is 0 Å². The highest BCUT2D eigenvalue weighted by Crippen LogP contribution is 2.28. The zero-order chi connectivity index (χ0) is 13.4. The molecule has 0 saturated heterocycles. The van der Waals surface area contributed by atoms with Crippen LogP contribution in [0.25, 0.3) is 5.69 Å². The van der Waals surface area contributed by atoms with E-state index in [1.807, 2.05) is 0 Å². The van der Waals surface area contributed by atoms with E-state index in [4.69, 9.17) is 23.2 Å². The van der Waals surface area contributed by atoms with Crippen LogP contribution in [-0.4, -0.2) is 14.7 Å². The molecule has 94 valence electrons. The SMILES string of the molecule is Cc1nn(-c2ccc(Cl)c(Cl)c2)c(C)c1[N+](=O)[O-]. The second-order valence-electron chi connectivity index (χ2n) is 3.79. The Morgan fingerprint density at radius 1 is 1.28 bits per heavy atom. The number of rotatable bonds is 2. The summed E-state index contributed by atoms with van der Waals surface area (Å²) in [5.74, 6) is 0. The van der Waals surface area contributed by atoms with E-state index < -0.39 is 4.92 Å². The molecule has 18 heavy (non-hydrogen) atoms. The molecule has 0 aliphatic rings. The van der Waals surface area contributed by atoms with E-state index in [1.54, 1.807) is 32.0 Å². The first-order valence-electron chi connectivity index (χ1n) is 5.08. The van der Waals surface area contributed by atoms with Crippen LogP contribution in [0.5, 0.6) is 0 Å². The molecule has 0 unspecified atom stereocenters. The number of hydrogen-bond donors (Lipinski definition) is 0. The Labute approximate surface area is 113 Å². The summed E-state index contributed by atoms with van der Waals surface area (Å²) >= 11 is 11.7. The molecule has 0 fully saturated rings. The Balaban J connectivity index is 2.61. The maximum absolute atomic E-state index is 10.9. The van der Waals surface area contributed by atoms with Crippen molar-refractivity contribution in [2.75, 3.05) is 0 Å². The van der Waals surface area contributed by atoms with E-state index in [2.05, 4.69) is 5.10 Å². The molecular weight excluding hydrogens is 277 g/mol. The highest BCUT2D eigenvalue weighted by atomic mass is 35.5. The smallest absolute Gasteiger partial charge is 0.258 e. The van der Waals surface area contributed by atoms with Crippen molar-refractivity contribution in [1.82, 2.24) is 9.78 Å². The third-order valence-corrected chi connectivity index (χ3v) is 3.32. The summed E-state index contributed by atoms with van der Waals surface area (Å²) in [5.41, 5.74) is 1.47. The van der Waals surface area contributed by atoms with Crippen molar-refractivity contribution >= 4 is 28.9 Å². The molecule has 5 nitrogen and oxygen atoms in total. The van der Waals surface area contributed by atoms with Crippen LogP contribution in [0.15, 0.2) is 18.2 Å². The van der Waals surface area contributed by atoms with Crippen molar-refractivity contribution in [3.05, 3.63) is 49.7 Å². The molecule has 0 saturated carbocycles. The summed E-state index contributed by atoms with van der Waals surface area (Å²) in [6, 6.07) is 4.95. The van der Waals surface area contributed by atoms with E-state index in [0.717, 1.165) is 0 Å². The first-order chi connectivity index (χ1) is 8.41. The van der Waals surface area contributed by atoms with Crippen molar-refractivity contribution in [2.45, 2.75) is 13.8 Å². The average molecular weight is 286 g/mol. The van der Waals surface area contributed by atoms with Crippen LogP contribution in [0, 0.1) is 24.0 Å². The number of aromatic nitrogens is 2. The molecule has 0 atom stereocenters. The van der Waals surface area contributed by atoms with E-state index >= 15 is 0 Å². The number of hydrogen-bond acceptors (Lipinski definition) is 3. The van der Waals surface area contributed by atoms with Gasteiger partial charge in [-0.05, 0) is 32.0 Å². The third kappa shape index (κ3) is 2.07. The van der Waals surface area contributed by atoms with Crippen molar-refractivity contribution in [1.29, 1.82) is 0 Å². The molecule has 1 aromatic heterocycles. The minimum Gasteiger partial charge on any atom is -0.258 e. The number of halogens is 2. The van der Waals surface area contributed by atoms with Gasteiger partial charge in [0.05, 0.1) is 20.7 Å². The predicted octanol–water partition coefficient (Wildman–Crippen LogP) is 3.70. The number of nitro groups is 1. The zero-order valence-corrected chi connectivity index (χ0v) is 11.2. The molecule has 0 aliphatic heterocycles. The van der Waals surface area contributed by atoms with Crippen LogP contribution in [0.3, 0.4) is 0 Å². The quantitative estimate of drug-likeness (QED) is 0.624. The fraction of sp³-hybridized carbons (Fsp3) is 0.182. The Morgan fingerprint density at radius 3 is 2.44 bits per heavy atom. The van der Waals surface area contributed by atoms with Gasteiger partial charge in [-0.1, -0.05) is 23.2 Å². The fourth-order valence-electron chi connectivity index (χ4n) is 1.77. The predicted molar refractivity (Wildman–Crippen MR) is 69.7 cm³/mol. The van der Waals surface area contributed by atoms with Gasteiger partial charge in [-0.3, -0.25) is 10.1 Å². The molecule has 0 aliphatic carbocycles. The first-order valence-corrected chi connectivity index (χ1v) is 5.83. The van der Waals surface area contributed by atoms with Gasteiger partial charge >= 0.3 is 5.69 Å². The van der Waals surface area contributed by atoms with E-state index in [1.165, 1.54) is 4.68 Å². The molecule has 7 heteroatoms. The highest BCUT2D eigenvalue weighted by molar-refractivity contribution is 6.42. The second-order valence-corrected chi connectivity index (χ2v) is 4.60. The molecule has 0 spiro atoms. The molecule has 0 bridgehead atoms. The molecule has 2 rings (SSSR count). The van der Waals surface area contributed by atoms with E-state index in [0.29, 0.717) is 27.1 Å². The van der Waals surface area contributed by atoms with Gasteiger partial charge in [0.2, 0.25) is 0 Å². The Hall–Kier alpha value is -1.59. The normalized spacial score (nSPS) is 10.7. The molecule has 1 heterocycles. The van der Waals surface area contributed by atoms with Gasteiger partial charge in [-0.25, -0.2) is 4.68 Å². The van der Waals surface area contributed by atoms with Crippen LogP contribution in [0.2, 0.25) is 10.0 Å². The maximum atomic E-state index is 10.9. The molecule has 1 aromatic carbocycles. The summed E-state index contributed by atoms with van der Waals surface area (Å²) in [6.45, 7) is 3.24. The summed E-state index contributed by atoms with van der Waals surface area (Å²) in [6.07, 6.45) is 0. The lowest BCUT2D eigenvalue weighted by Gasteiger charge is -2.04. The minimum absolute atomic E-state index is 0.0149. The van der Waals surface area contributed by atoms with E-state index in [9.17, 15) is 10.1 Å². The topological polar surface area (TPSA) is 61.0 Å². The second kappa shape index (κ2) is 4.59. The molecule has 0 radical (unpaired) electrons. The monoisotopic (exact) mass is 285 g/mol. The van der Waals surface area contributed by atoms with Crippen LogP contribution >= 0.6 is 23.2 Å². The summed E-state index contributed by atoms with van der Waals surface area (Å²) in [4.78, 5) is 10.5. The number of nitrogens with zero attached hydrogens (tertiary/aromatic N) is 3. The van der Waals surface area contributed by atoms with Gasteiger partial charge in [0.15, 0.2) is 0 Å². The van der Waals surface area contributed by atoms with E-state index in [-0.39, 0.29) is 5.69 Å². The van der Waals surface area contributed by atoms with Gasteiger partial charge in [-0.15, -0.1) is 0 Å². The number of aryl methyl sites for hydroxylation is 1. The van der Waals surface area contributed by atoms with Crippen molar-refractivity contribution in [3.63, 3.8) is 0 Å². The van der Waals surface area contributed by atoms with Crippen molar-refractivity contribution < 1.29 is 4.92 Å². The summed E-state index contributed by atoms with van der Waals surface area (Å²) in [7, 11) is 0. The van der Waals surface area contributed by atoms with Crippen LogP contribution < -0.4 is 0 Å². The Morgan fingerprint density at radius 2 is 1.94 bits per heavy atom. The molecular formula is C11H9Cl2N3O2. The van der Waals surface area contributed by atoms with Crippen molar-refractivity contribution in [3.8, 4) is 5.69 Å². The number of benzene rings is 1. The molecule has 2 aromatic rings. The van der Waals surface area contributed by atoms with Gasteiger partial charge in [0, 0.05) is 0 Å². The lowest BCUT2D eigenvalue weighted by atomic mass is 10.3.